The summed E-state index contributed by atoms with van der Waals surface area (Å²) in [6.07, 6.45) is 2.41. The summed E-state index contributed by atoms with van der Waals surface area (Å²) in [4.78, 5) is 13.4. The molecule has 1 aromatic rings. The van der Waals surface area contributed by atoms with Crippen LogP contribution in [0.5, 0.6) is 0 Å². The van der Waals surface area contributed by atoms with Crippen LogP contribution < -0.4 is 11.1 Å². The molecule has 1 aliphatic heterocycles. The second-order valence-electron chi connectivity index (χ2n) is 4.91. The highest BCUT2D eigenvalue weighted by atomic mass is 16.4. The Kier molecular flexibility index (Phi) is 4.27. The van der Waals surface area contributed by atoms with Gasteiger partial charge in [-0.2, -0.15) is 0 Å². The van der Waals surface area contributed by atoms with Crippen LogP contribution in [0.4, 0.5) is 11.4 Å². The highest BCUT2D eigenvalue weighted by Gasteiger charge is 2.22. The van der Waals surface area contributed by atoms with Gasteiger partial charge in [-0.3, -0.25) is 4.90 Å². The zero-order chi connectivity index (χ0) is 13.8. The number of anilines is 2. The van der Waals surface area contributed by atoms with Crippen LogP contribution in [-0.2, 0) is 0 Å². The van der Waals surface area contributed by atoms with Crippen LogP contribution in [0.15, 0.2) is 18.2 Å². The molecule has 0 bridgehead atoms. The van der Waals surface area contributed by atoms with Crippen molar-refractivity contribution < 1.29 is 9.90 Å². The molecule has 1 saturated heterocycles. The number of carboxylic acids is 1. The molecular weight excluding hydrogens is 242 g/mol. The number of hydrogen-bond acceptors (Lipinski definition) is 4. The molecule has 0 aromatic heterocycles. The lowest BCUT2D eigenvalue weighted by Crippen LogP contribution is -2.34. The Labute approximate surface area is 113 Å². The first kappa shape index (κ1) is 13.7. The fourth-order valence-corrected chi connectivity index (χ4v) is 2.61. The van der Waals surface area contributed by atoms with Gasteiger partial charge in [-0.05, 0) is 44.1 Å². The molecule has 19 heavy (non-hydrogen) atoms. The van der Waals surface area contributed by atoms with Crippen LogP contribution >= 0.6 is 0 Å². The van der Waals surface area contributed by atoms with Crippen LogP contribution in [0.1, 0.15) is 30.1 Å². The quantitative estimate of drug-likeness (QED) is 0.707. The van der Waals surface area contributed by atoms with Crippen molar-refractivity contribution in [3.05, 3.63) is 23.8 Å². The first-order chi connectivity index (χ1) is 9.11. The summed E-state index contributed by atoms with van der Waals surface area (Å²) in [5.41, 5.74) is 7.43. The van der Waals surface area contributed by atoms with Crippen molar-refractivity contribution in [3.8, 4) is 0 Å². The fraction of sp³-hybridized carbons (Fsp3) is 0.500. The van der Waals surface area contributed by atoms with Crippen LogP contribution in [0.2, 0.25) is 0 Å². The maximum Gasteiger partial charge on any atom is 0.335 e. The van der Waals surface area contributed by atoms with Gasteiger partial charge >= 0.3 is 5.97 Å². The molecule has 0 spiro atoms. The predicted molar refractivity (Wildman–Crippen MR) is 76.6 cm³/mol. The van der Waals surface area contributed by atoms with Crippen molar-refractivity contribution in [3.63, 3.8) is 0 Å². The molecule has 1 aliphatic rings. The number of likely N-dealkylation sites (N-methyl/N-ethyl adjacent to an activating group) is 1. The van der Waals surface area contributed by atoms with Crippen molar-refractivity contribution in [1.82, 2.24) is 4.90 Å². The van der Waals surface area contributed by atoms with E-state index < -0.39 is 5.97 Å². The Morgan fingerprint density at radius 1 is 1.58 bits per heavy atom. The Balaban J connectivity index is 2.02. The van der Waals surface area contributed by atoms with Gasteiger partial charge < -0.3 is 16.2 Å². The molecule has 5 heteroatoms. The number of nitrogens with one attached hydrogen (secondary N) is 1. The highest BCUT2D eigenvalue weighted by molar-refractivity contribution is 5.90. The Bertz CT molecular complexity index is 462. The van der Waals surface area contributed by atoms with Gasteiger partial charge in [0.1, 0.15) is 0 Å². The van der Waals surface area contributed by atoms with Crippen molar-refractivity contribution in [2.45, 2.75) is 25.8 Å². The molecule has 104 valence electrons. The Morgan fingerprint density at radius 3 is 3.05 bits per heavy atom. The summed E-state index contributed by atoms with van der Waals surface area (Å²) in [6, 6.07) is 5.27. The summed E-state index contributed by atoms with van der Waals surface area (Å²) in [6.45, 7) is 5.17. The van der Waals surface area contributed by atoms with Gasteiger partial charge in [0.2, 0.25) is 0 Å². The number of benzene rings is 1. The standard InChI is InChI=1S/C14H21N3O2/c1-2-17-7-3-4-11(17)9-16-13-8-10(14(18)19)5-6-12(13)15/h5-6,8,11,16H,2-4,7,9,15H2,1H3,(H,18,19)/t11-/m0/s1. The molecule has 1 fully saturated rings. The number of carbonyl (C=O) groups is 1. The van der Waals surface area contributed by atoms with Crippen LogP contribution in [0.3, 0.4) is 0 Å². The molecule has 1 atom stereocenters. The molecular formula is C14H21N3O2. The lowest BCUT2D eigenvalue weighted by Gasteiger charge is -2.23. The highest BCUT2D eigenvalue weighted by Crippen LogP contribution is 2.22. The lowest BCUT2D eigenvalue weighted by molar-refractivity contribution is 0.0697. The Morgan fingerprint density at radius 2 is 2.37 bits per heavy atom. The maximum atomic E-state index is 10.9. The van der Waals surface area contributed by atoms with Crippen LogP contribution in [0, 0.1) is 0 Å². The van der Waals surface area contributed by atoms with E-state index in [0.717, 1.165) is 19.6 Å². The number of hydrogen-bond donors (Lipinski definition) is 3. The molecule has 0 radical (unpaired) electrons. The number of aromatic carboxylic acids is 1. The van der Waals surface area contributed by atoms with Crippen molar-refractivity contribution in [2.24, 2.45) is 0 Å². The Hall–Kier alpha value is -1.75. The van der Waals surface area contributed by atoms with E-state index in [2.05, 4.69) is 17.1 Å². The van der Waals surface area contributed by atoms with E-state index in [9.17, 15) is 4.79 Å². The second kappa shape index (κ2) is 5.93. The van der Waals surface area contributed by atoms with E-state index >= 15 is 0 Å². The number of rotatable bonds is 5. The molecule has 0 aliphatic carbocycles. The third-order valence-corrected chi connectivity index (χ3v) is 3.73. The van der Waals surface area contributed by atoms with Gasteiger partial charge in [-0.1, -0.05) is 6.92 Å². The van der Waals surface area contributed by atoms with E-state index in [1.165, 1.54) is 18.9 Å². The third kappa shape index (κ3) is 3.17. The number of likely N-dealkylation sites (tertiary alicyclic amines) is 1. The fourth-order valence-electron chi connectivity index (χ4n) is 2.61. The topological polar surface area (TPSA) is 78.6 Å². The summed E-state index contributed by atoms with van der Waals surface area (Å²) in [5, 5.41) is 12.3. The summed E-state index contributed by atoms with van der Waals surface area (Å²) < 4.78 is 0. The van der Waals surface area contributed by atoms with Crippen LogP contribution in [-0.4, -0.2) is 41.7 Å². The van der Waals surface area contributed by atoms with E-state index in [-0.39, 0.29) is 5.56 Å². The molecule has 0 saturated carbocycles. The maximum absolute atomic E-state index is 10.9. The minimum absolute atomic E-state index is 0.260. The van der Waals surface area contributed by atoms with E-state index in [1.807, 2.05) is 0 Å². The van der Waals surface area contributed by atoms with Crippen molar-refractivity contribution in [2.75, 3.05) is 30.7 Å². The molecule has 1 aromatic carbocycles. The zero-order valence-corrected chi connectivity index (χ0v) is 11.2. The average molecular weight is 263 g/mol. The molecule has 0 amide bonds. The number of nitrogen functional groups attached to an aromatic ring is 1. The van der Waals surface area contributed by atoms with Crippen LogP contribution in [0.25, 0.3) is 0 Å². The van der Waals surface area contributed by atoms with Crippen molar-refractivity contribution >= 4 is 17.3 Å². The smallest absolute Gasteiger partial charge is 0.335 e. The SMILES string of the molecule is CCN1CCC[C@H]1CNc1cc(C(=O)O)ccc1N. The molecule has 0 unspecified atom stereocenters. The normalized spacial score (nSPS) is 19.5. The number of carboxylic acid groups (broad SMARTS) is 1. The summed E-state index contributed by atoms with van der Waals surface area (Å²) in [7, 11) is 0. The first-order valence-corrected chi connectivity index (χ1v) is 6.72. The van der Waals surface area contributed by atoms with E-state index in [0.29, 0.717) is 17.4 Å². The molecule has 4 N–H and O–H groups in total. The predicted octanol–water partition coefficient (Wildman–Crippen LogP) is 1.86. The summed E-state index contributed by atoms with van der Waals surface area (Å²) in [5.74, 6) is -0.931. The minimum Gasteiger partial charge on any atom is -0.478 e. The monoisotopic (exact) mass is 263 g/mol. The van der Waals surface area contributed by atoms with Gasteiger partial charge in [0, 0.05) is 12.6 Å². The largest absolute Gasteiger partial charge is 0.478 e. The lowest BCUT2D eigenvalue weighted by atomic mass is 10.1. The van der Waals surface area contributed by atoms with E-state index in [1.54, 1.807) is 12.1 Å². The number of nitrogens with zero attached hydrogens (tertiary/aromatic N) is 1. The summed E-state index contributed by atoms with van der Waals surface area (Å²) >= 11 is 0. The number of nitrogens with two attached hydrogens (primary N) is 1. The third-order valence-electron chi connectivity index (χ3n) is 3.73. The second-order valence-corrected chi connectivity index (χ2v) is 4.91. The van der Waals surface area contributed by atoms with Gasteiger partial charge in [0.05, 0.1) is 16.9 Å². The van der Waals surface area contributed by atoms with E-state index in [4.69, 9.17) is 10.8 Å². The molecule has 5 nitrogen and oxygen atoms in total. The van der Waals surface area contributed by atoms with Gasteiger partial charge in [-0.15, -0.1) is 0 Å². The van der Waals surface area contributed by atoms with Gasteiger partial charge in [0.25, 0.3) is 0 Å². The first-order valence-electron chi connectivity index (χ1n) is 6.72. The van der Waals surface area contributed by atoms with Gasteiger partial charge in [0.15, 0.2) is 0 Å². The molecule has 1 heterocycles. The van der Waals surface area contributed by atoms with Crippen molar-refractivity contribution in [1.29, 1.82) is 0 Å². The van der Waals surface area contributed by atoms with Gasteiger partial charge in [-0.25, -0.2) is 4.79 Å². The average Bonchev–Trinajstić information content (AvgIpc) is 2.85. The minimum atomic E-state index is -0.931. The molecule has 2 rings (SSSR count). The zero-order valence-electron chi connectivity index (χ0n) is 11.2.